The summed E-state index contributed by atoms with van der Waals surface area (Å²) in [5.41, 5.74) is 3.57. The Kier molecular flexibility index (Phi) is 4.84. The smallest absolute Gasteiger partial charge is 0.242 e. The normalized spacial score (nSPS) is 18.7. The molecule has 2 aromatic rings. The molecule has 1 saturated heterocycles. The first-order valence-electron chi connectivity index (χ1n) is 9.43. The van der Waals surface area contributed by atoms with Gasteiger partial charge in [-0.3, -0.25) is 9.59 Å². The number of carbonyl (C=O) groups is 2. The molecule has 1 unspecified atom stereocenters. The highest BCUT2D eigenvalue weighted by Gasteiger charge is 2.38. The van der Waals surface area contributed by atoms with Gasteiger partial charge in [-0.2, -0.15) is 0 Å². The molecule has 0 bridgehead atoms. The van der Waals surface area contributed by atoms with E-state index in [-0.39, 0.29) is 24.4 Å². The van der Waals surface area contributed by atoms with Gasteiger partial charge in [0.1, 0.15) is 5.75 Å². The SMILES string of the molecule is COc1ccc(CCC(=O)N2CC(=O)N3CCc4ccccc4C3C2)cc1. The zero-order chi connectivity index (χ0) is 18.8. The van der Waals surface area contributed by atoms with Crippen LogP contribution in [0.4, 0.5) is 0 Å². The number of nitrogens with zero attached hydrogens (tertiary/aromatic N) is 2. The molecule has 2 aliphatic heterocycles. The number of methoxy groups -OCH3 is 1. The van der Waals surface area contributed by atoms with Crippen LogP contribution in [0.5, 0.6) is 5.75 Å². The van der Waals surface area contributed by atoms with Gasteiger partial charge in [-0.05, 0) is 41.7 Å². The van der Waals surface area contributed by atoms with Crippen LogP contribution in [-0.2, 0) is 22.4 Å². The fraction of sp³-hybridized carbons (Fsp3) is 0.364. The minimum atomic E-state index is -0.0128. The lowest BCUT2D eigenvalue weighted by Crippen LogP contribution is -2.55. The summed E-state index contributed by atoms with van der Waals surface area (Å²) in [6, 6.07) is 16.0. The summed E-state index contributed by atoms with van der Waals surface area (Å²) in [6.45, 7) is 1.53. The number of rotatable bonds is 4. The third-order valence-corrected chi connectivity index (χ3v) is 5.59. The number of ether oxygens (including phenoxy) is 1. The zero-order valence-corrected chi connectivity index (χ0v) is 15.6. The van der Waals surface area contributed by atoms with Crippen molar-refractivity contribution < 1.29 is 14.3 Å². The molecule has 0 radical (unpaired) electrons. The first kappa shape index (κ1) is 17.6. The van der Waals surface area contributed by atoms with Crippen molar-refractivity contribution in [1.82, 2.24) is 9.80 Å². The van der Waals surface area contributed by atoms with Gasteiger partial charge in [0, 0.05) is 19.5 Å². The summed E-state index contributed by atoms with van der Waals surface area (Å²) in [6.07, 6.45) is 1.97. The van der Waals surface area contributed by atoms with E-state index in [1.165, 1.54) is 11.1 Å². The van der Waals surface area contributed by atoms with Gasteiger partial charge in [-0.25, -0.2) is 0 Å². The summed E-state index contributed by atoms with van der Waals surface area (Å²) < 4.78 is 5.16. The molecule has 140 valence electrons. The van der Waals surface area contributed by atoms with Crippen LogP contribution in [0.3, 0.4) is 0 Å². The summed E-state index contributed by atoms with van der Waals surface area (Å²) >= 11 is 0. The molecule has 2 aromatic carbocycles. The van der Waals surface area contributed by atoms with E-state index in [9.17, 15) is 9.59 Å². The zero-order valence-electron chi connectivity index (χ0n) is 15.6. The number of amides is 2. The van der Waals surface area contributed by atoms with Crippen molar-refractivity contribution >= 4 is 11.8 Å². The Morgan fingerprint density at radius 3 is 2.70 bits per heavy atom. The highest BCUT2D eigenvalue weighted by atomic mass is 16.5. The minimum absolute atomic E-state index is 0.0128. The molecule has 0 saturated carbocycles. The van der Waals surface area contributed by atoms with E-state index in [0.29, 0.717) is 19.4 Å². The van der Waals surface area contributed by atoms with E-state index < -0.39 is 0 Å². The van der Waals surface area contributed by atoms with Crippen LogP contribution in [0.2, 0.25) is 0 Å². The number of benzene rings is 2. The van der Waals surface area contributed by atoms with Crippen LogP contribution >= 0.6 is 0 Å². The molecule has 27 heavy (non-hydrogen) atoms. The fourth-order valence-corrected chi connectivity index (χ4v) is 4.07. The predicted molar refractivity (Wildman–Crippen MR) is 102 cm³/mol. The Labute approximate surface area is 159 Å². The van der Waals surface area contributed by atoms with Crippen molar-refractivity contribution in [3.63, 3.8) is 0 Å². The largest absolute Gasteiger partial charge is 0.497 e. The third kappa shape index (κ3) is 3.54. The third-order valence-electron chi connectivity index (χ3n) is 5.59. The van der Waals surface area contributed by atoms with Crippen LogP contribution in [0.1, 0.15) is 29.2 Å². The molecular formula is C22H24N2O3. The van der Waals surface area contributed by atoms with Gasteiger partial charge in [0.2, 0.25) is 11.8 Å². The first-order chi connectivity index (χ1) is 13.2. The van der Waals surface area contributed by atoms with E-state index in [0.717, 1.165) is 24.3 Å². The van der Waals surface area contributed by atoms with E-state index in [1.54, 1.807) is 12.0 Å². The van der Waals surface area contributed by atoms with E-state index in [4.69, 9.17) is 4.74 Å². The van der Waals surface area contributed by atoms with Gasteiger partial charge in [0.15, 0.2) is 0 Å². The average molecular weight is 364 g/mol. The van der Waals surface area contributed by atoms with Crippen molar-refractivity contribution in [1.29, 1.82) is 0 Å². The summed E-state index contributed by atoms with van der Waals surface area (Å²) in [5, 5.41) is 0. The fourth-order valence-electron chi connectivity index (χ4n) is 4.07. The summed E-state index contributed by atoms with van der Waals surface area (Å²) in [7, 11) is 1.64. The minimum Gasteiger partial charge on any atom is -0.497 e. The van der Waals surface area contributed by atoms with E-state index in [2.05, 4.69) is 12.1 Å². The average Bonchev–Trinajstić information content (AvgIpc) is 2.72. The number of carbonyl (C=O) groups excluding carboxylic acids is 2. The predicted octanol–water partition coefficient (Wildman–Crippen LogP) is 2.60. The molecule has 2 aliphatic rings. The van der Waals surface area contributed by atoms with Crippen molar-refractivity contribution in [2.24, 2.45) is 0 Å². The Morgan fingerprint density at radius 1 is 1.15 bits per heavy atom. The number of aryl methyl sites for hydroxylation is 1. The molecule has 0 spiro atoms. The molecular weight excluding hydrogens is 340 g/mol. The molecule has 0 aliphatic carbocycles. The monoisotopic (exact) mass is 364 g/mol. The lowest BCUT2D eigenvalue weighted by Gasteiger charge is -2.44. The van der Waals surface area contributed by atoms with Gasteiger partial charge in [0.05, 0.1) is 19.7 Å². The topological polar surface area (TPSA) is 49.9 Å². The van der Waals surface area contributed by atoms with E-state index in [1.807, 2.05) is 41.3 Å². The second-order valence-corrected chi connectivity index (χ2v) is 7.17. The van der Waals surface area contributed by atoms with Gasteiger partial charge < -0.3 is 14.5 Å². The molecule has 1 fully saturated rings. The molecule has 2 amide bonds. The molecule has 1 atom stereocenters. The molecule has 5 nitrogen and oxygen atoms in total. The maximum Gasteiger partial charge on any atom is 0.242 e. The highest BCUT2D eigenvalue weighted by Crippen LogP contribution is 2.33. The van der Waals surface area contributed by atoms with Gasteiger partial charge in [-0.1, -0.05) is 36.4 Å². The standard InChI is InChI=1S/C22H24N2O3/c1-27-18-9-6-16(7-10-18)8-11-21(25)23-14-20-19-5-3-2-4-17(19)12-13-24(20)22(26)15-23/h2-7,9-10,20H,8,11-15H2,1H3. The van der Waals surface area contributed by atoms with E-state index >= 15 is 0 Å². The lowest BCUT2D eigenvalue weighted by atomic mass is 9.90. The number of hydrogen-bond acceptors (Lipinski definition) is 3. The molecule has 0 aromatic heterocycles. The lowest BCUT2D eigenvalue weighted by molar-refractivity contribution is -0.149. The van der Waals surface area contributed by atoms with Crippen molar-refractivity contribution in [2.45, 2.75) is 25.3 Å². The second-order valence-electron chi connectivity index (χ2n) is 7.17. The Hall–Kier alpha value is -2.82. The Bertz CT molecular complexity index is 847. The van der Waals surface area contributed by atoms with Crippen LogP contribution in [0, 0.1) is 0 Å². The number of hydrogen-bond donors (Lipinski definition) is 0. The molecule has 4 rings (SSSR count). The van der Waals surface area contributed by atoms with Gasteiger partial charge in [0.25, 0.3) is 0 Å². The maximum atomic E-state index is 12.8. The van der Waals surface area contributed by atoms with Crippen molar-refractivity contribution in [3.05, 3.63) is 65.2 Å². The van der Waals surface area contributed by atoms with Crippen LogP contribution in [-0.4, -0.2) is 48.4 Å². The maximum absolute atomic E-state index is 12.8. The molecule has 0 N–H and O–H groups in total. The summed E-state index contributed by atoms with van der Waals surface area (Å²) in [5.74, 6) is 0.906. The van der Waals surface area contributed by atoms with Crippen molar-refractivity contribution in [2.75, 3.05) is 26.7 Å². The Morgan fingerprint density at radius 2 is 1.93 bits per heavy atom. The molecule has 2 heterocycles. The van der Waals surface area contributed by atoms with Crippen LogP contribution < -0.4 is 4.74 Å². The molecule has 5 heteroatoms. The van der Waals surface area contributed by atoms with Crippen LogP contribution in [0.15, 0.2) is 48.5 Å². The van der Waals surface area contributed by atoms with Gasteiger partial charge in [-0.15, -0.1) is 0 Å². The highest BCUT2D eigenvalue weighted by molar-refractivity contribution is 5.87. The van der Waals surface area contributed by atoms with Gasteiger partial charge >= 0.3 is 0 Å². The summed E-state index contributed by atoms with van der Waals surface area (Å²) in [4.78, 5) is 29.0. The van der Waals surface area contributed by atoms with Crippen LogP contribution in [0.25, 0.3) is 0 Å². The number of fused-ring (bicyclic) bond motifs is 3. The quantitative estimate of drug-likeness (QED) is 0.838. The van der Waals surface area contributed by atoms with Crippen molar-refractivity contribution in [3.8, 4) is 5.75 Å². The number of piperazine rings is 1. The second kappa shape index (κ2) is 7.43. The Balaban J connectivity index is 1.43. The first-order valence-corrected chi connectivity index (χ1v) is 9.43.